The molecule has 4 aliphatic carbocycles. The Morgan fingerprint density at radius 2 is 2.05 bits per heavy atom. The summed E-state index contributed by atoms with van der Waals surface area (Å²) in [5.74, 6) is -2.06. The van der Waals surface area contributed by atoms with Crippen LogP contribution in [0.4, 0.5) is 4.39 Å². The number of aliphatic hydroxyl groups is 2. The summed E-state index contributed by atoms with van der Waals surface area (Å²) in [5.41, 5.74) is -3.99. The number of amides is 1. The molecule has 208 valence electrons. The van der Waals surface area contributed by atoms with E-state index < -0.39 is 45.9 Å². The fourth-order valence-electron chi connectivity index (χ4n) is 8.38. The summed E-state index contributed by atoms with van der Waals surface area (Å²) in [6.45, 7) is 5.58. The number of carbonyl (C=O) groups is 2. The van der Waals surface area contributed by atoms with Gasteiger partial charge >= 0.3 is 6.08 Å². The van der Waals surface area contributed by atoms with Crippen molar-refractivity contribution in [3.63, 3.8) is 0 Å². The number of allylic oxidation sites excluding steroid dienone is 4. The van der Waals surface area contributed by atoms with Crippen molar-refractivity contribution in [2.75, 3.05) is 13.2 Å². The number of nitrogens with one attached hydrogen (secondary N) is 1. The summed E-state index contributed by atoms with van der Waals surface area (Å²) >= 11 is 0. The SMILES string of the molecule is C[C@@H]1C[C@H]2[C@@H]3CCC4=CC(=O)C=C[C@]4(C)[C@@]3(F)[C@@H](O)C[C@]2(C)[C@@]1(O)C(=O)NCCOc1nc2ccccc2o1. The summed E-state index contributed by atoms with van der Waals surface area (Å²) in [6, 6.07) is 7.27. The largest absolute Gasteiger partial charge is 0.448 e. The lowest BCUT2D eigenvalue weighted by Crippen LogP contribution is -2.70. The van der Waals surface area contributed by atoms with Crippen LogP contribution >= 0.6 is 0 Å². The number of hydrogen-bond donors (Lipinski definition) is 3. The van der Waals surface area contributed by atoms with E-state index in [4.69, 9.17) is 9.15 Å². The van der Waals surface area contributed by atoms with Gasteiger partial charge in [0, 0.05) is 16.7 Å². The number of carbonyl (C=O) groups excluding carboxylic acids is 2. The van der Waals surface area contributed by atoms with E-state index in [0.717, 1.165) is 0 Å². The second kappa shape index (κ2) is 8.73. The lowest BCUT2D eigenvalue weighted by molar-refractivity contribution is -0.219. The minimum Gasteiger partial charge on any atom is -0.448 e. The van der Waals surface area contributed by atoms with Crippen LogP contribution < -0.4 is 10.1 Å². The number of nitrogens with zero attached hydrogens (tertiary/aromatic N) is 1. The Bertz CT molecular complexity index is 1370. The second-order valence-electron chi connectivity index (χ2n) is 12.2. The molecule has 3 N–H and O–H groups in total. The monoisotopic (exact) mass is 538 g/mol. The van der Waals surface area contributed by atoms with Gasteiger partial charge in [-0.05, 0) is 68.7 Å². The maximum absolute atomic E-state index is 17.3. The molecule has 0 radical (unpaired) electrons. The van der Waals surface area contributed by atoms with Gasteiger partial charge in [-0.15, -0.1) is 0 Å². The van der Waals surface area contributed by atoms with Gasteiger partial charge < -0.3 is 24.7 Å². The maximum Gasteiger partial charge on any atom is 0.394 e. The van der Waals surface area contributed by atoms with E-state index in [1.165, 1.54) is 12.2 Å². The van der Waals surface area contributed by atoms with Crippen LogP contribution in [0, 0.1) is 28.6 Å². The molecule has 39 heavy (non-hydrogen) atoms. The Hall–Kier alpha value is -3.04. The van der Waals surface area contributed by atoms with Gasteiger partial charge in [0.05, 0.1) is 12.6 Å². The molecule has 8 nitrogen and oxygen atoms in total. The molecule has 4 aliphatic rings. The highest BCUT2D eigenvalue weighted by Gasteiger charge is 2.75. The van der Waals surface area contributed by atoms with Crippen molar-refractivity contribution >= 4 is 22.8 Å². The van der Waals surface area contributed by atoms with E-state index >= 15 is 4.39 Å². The van der Waals surface area contributed by atoms with Gasteiger partial charge in [0.25, 0.3) is 5.91 Å². The van der Waals surface area contributed by atoms with E-state index in [1.54, 1.807) is 25.1 Å². The third kappa shape index (κ3) is 3.45. The number of rotatable bonds is 5. The van der Waals surface area contributed by atoms with Crippen LogP contribution in [-0.4, -0.2) is 57.4 Å². The summed E-state index contributed by atoms with van der Waals surface area (Å²) in [5, 5.41) is 26.3. The second-order valence-corrected chi connectivity index (χ2v) is 12.2. The minimum atomic E-state index is -2.01. The number of ketones is 1. The zero-order chi connectivity index (χ0) is 27.8. The standard InChI is InChI=1S/C30H35FN2O6/c1-17-14-21-20-9-8-18-15-19(34)10-11-27(18,2)29(20,31)24(35)16-28(21,3)30(17,37)25(36)32-12-13-38-26-33-22-6-4-5-7-23(22)39-26/h4-7,10-11,15,17,20-21,24,35,37H,8-9,12-14,16H2,1-3H3,(H,32,36)/t17-,20+,21+,24+,27+,28+,29+,30+/m1/s1. The molecule has 0 saturated heterocycles. The van der Waals surface area contributed by atoms with Gasteiger partial charge in [0.2, 0.25) is 0 Å². The fraction of sp³-hybridized carbons (Fsp3) is 0.567. The van der Waals surface area contributed by atoms with Crippen LogP contribution in [0.3, 0.4) is 0 Å². The average molecular weight is 539 g/mol. The Morgan fingerprint density at radius 3 is 2.82 bits per heavy atom. The molecule has 1 aromatic carbocycles. The molecule has 0 bridgehead atoms. The first-order chi connectivity index (χ1) is 18.4. The minimum absolute atomic E-state index is 0.0665. The Labute approximate surface area is 226 Å². The zero-order valence-corrected chi connectivity index (χ0v) is 22.4. The number of hydrogen-bond acceptors (Lipinski definition) is 7. The van der Waals surface area contributed by atoms with E-state index in [0.29, 0.717) is 35.9 Å². The van der Waals surface area contributed by atoms with Crippen LogP contribution in [0.1, 0.15) is 46.5 Å². The third-order valence-corrected chi connectivity index (χ3v) is 10.5. The Kier molecular flexibility index (Phi) is 5.86. The molecule has 3 fully saturated rings. The van der Waals surface area contributed by atoms with Crippen molar-refractivity contribution in [3.05, 3.63) is 48.1 Å². The van der Waals surface area contributed by atoms with E-state index in [1.807, 2.05) is 26.0 Å². The topological polar surface area (TPSA) is 122 Å². The molecule has 3 saturated carbocycles. The molecule has 6 rings (SSSR count). The number of oxazole rings is 1. The summed E-state index contributed by atoms with van der Waals surface area (Å²) in [4.78, 5) is 29.9. The molecule has 2 aromatic rings. The van der Waals surface area contributed by atoms with Crippen LogP contribution in [0.5, 0.6) is 6.08 Å². The number of alkyl halides is 1. The average Bonchev–Trinajstić information content (AvgIpc) is 3.40. The van der Waals surface area contributed by atoms with Crippen molar-refractivity contribution < 1.29 is 33.3 Å². The number of aliphatic hydroxyl groups excluding tert-OH is 1. The molecule has 0 spiro atoms. The third-order valence-electron chi connectivity index (χ3n) is 10.5. The highest BCUT2D eigenvalue weighted by molar-refractivity contribution is 6.01. The molecule has 8 atom stereocenters. The molecule has 9 heteroatoms. The van der Waals surface area contributed by atoms with Gasteiger partial charge in [-0.25, -0.2) is 4.39 Å². The Morgan fingerprint density at radius 1 is 1.28 bits per heavy atom. The van der Waals surface area contributed by atoms with E-state index in [2.05, 4.69) is 10.3 Å². The Balaban J connectivity index is 1.20. The molecular weight excluding hydrogens is 503 g/mol. The highest BCUT2D eigenvalue weighted by atomic mass is 19.1. The number of fused-ring (bicyclic) bond motifs is 6. The summed E-state index contributed by atoms with van der Waals surface area (Å²) in [7, 11) is 0. The number of aromatic nitrogens is 1. The maximum atomic E-state index is 17.3. The molecular formula is C30H35FN2O6. The van der Waals surface area contributed by atoms with Crippen molar-refractivity contribution in [1.29, 1.82) is 0 Å². The molecule has 1 aromatic heterocycles. The van der Waals surface area contributed by atoms with Crippen molar-refractivity contribution in [2.45, 2.75) is 63.8 Å². The summed E-state index contributed by atoms with van der Waals surface area (Å²) in [6.07, 6.45) is 4.55. The fourth-order valence-corrected chi connectivity index (χ4v) is 8.38. The lowest BCUT2D eigenvalue weighted by Gasteiger charge is -2.62. The molecule has 0 unspecified atom stereocenters. The van der Waals surface area contributed by atoms with E-state index in [-0.39, 0.29) is 37.4 Å². The van der Waals surface area contributed by atoms with Crippen LogP contribution in [0.2, 0.25) is 0 Å². The highest BCUT2D eigenvalue weighted by Crippen LogP contribution is 2.70. The molecule has 1 amide bonds. The van der Waals surface area contributed by atoms with Crippen molar-refractivity contribution in [2.24, 2.45) is 28.6 Å². The first kappa shape index (κ1) is 26.2. The molecule has 0 aliphatic heterocycles. The van der Waals surface area contributed by atoms with E-state index in [9.17, 15) is 19.8 Å². The number of benzene rings is 1. The number of halogens is 1. The first-order valence-corrected chi connectivity index (χ1v) is 13.8. The predicted octanol–water partition coefficient (Wildman–Crippen LogP) is 3.67. The summed E-state index contributed by atoms with van der Waals surface area (Å²) < 4.78 is 28.4. The van der Waals surface area contributed by atoms with Crippen LogP contribution in [0.15, 0.2) is 52.5 Å². The van der Waals surface area contributed by atoms with Gasteiger partial charge in [0.1, 0.15) is 12.1 Å². The van der Waals surface area contributed by atoms with Crippen LogP contribution in [0.25, 0.3) is 11.1 Å². The number of ether oxygens (including phenoxy) is 1. The number of para-hydroxylation sites is 2. The normalized spacial score (nSPS) is 41.0. The smallest absolute Gasteiger partial charge is 0.394 e. The van der Waals surface area contributed by atoms with Gasteiger partial charge in [0.15, 0.2) is 22.6 Å². The molecule has 1 heterocycles. The van der Waals surface area contributed by atoms with Gasteiger partial charge in [-0.2, -0.15) is 4.98 Å². The first-order valence-electron chi connectivity index (χ1n) is 13.8. The van der Waals surface area contributed by atoms with Crippen molar-refractivity contribution in [3.8, 4) is 6.08 Å². The lowest BCUT2D eigenvalue weighted by atomic mass is 9.44. The quantitative estimate of drug-likeness (QED) is 0.497. The van der Waals surface area contributed by atoms with Crippen LogP contribution in [-0.2, 0) is 9.59 Å². The van der Waals surface area contributed by atoms with Gasteiger partial charge in [-0.3, -0.25) is 9.59 Å². The van der Waals surface area contributed by atoms with Crippen molar-refractivity contribution in [1.82, 2.24) is 10.3 Å². The van der Waals surface area contributed by atoms with Gasteiger partial charge in [-0.1, -0.05) is 37.6 Å². The predicted molar refractivity (Wildman–Crippen MR) is 140 cm³/mol. The zero-order valence-electron chi connectivity index (χ0n) is 22.4.